The second-order valence-corrected chi connectivity index (χ2v) is 8.39. The molecule has 4 heterocycles. The number of fused-ring (bicyclic) bond motifs is 1. The Labute approximate surface area is 191 Å². The van der Waals surface area contributed by atoms with Crippen molar-refractivity contribution in [2.24, 2.45) is 0 Å². The van der Waals surface area contributed by atoms with Gasteiger partial charge in [-0.1, -0.05) is 6.07 Å². The van der Waals surface area contributed by atoms with E-state index in [0.29, 0.717) is 30.6 Å². The van der Waals surface area contributed by atoms with Crippen molar-refractivity contribution in [2.45, 2.75) is 38.5 Å². The maximum absolute atomic E-state index is 13.1. The Balaban J connectivity index is 1.51. The lowest BCUT2D eigenvalue weighted by Gasteiger charge is -2.25. The molecule has 0 aliphatic carbocycles. The van der Waals surface area contributed by atoms with Crippen molar-refractivity contribution < 1.29 is 19.4 Å². The Kier molecular flexibility index (Phi) is 5.42. The first-order valence-electron chi connectivity index (χ1n) is 11.0. The second-order valence-electron chi connectivity index (χ2n) is 8.39. The van der Waals surface area contributed by atoms with Gasteiger partial charge in [0.1, 0.15) is 17.6 Å². The predicted molar refractivity (Wildman–Crippen MR) is 120 cm³/mol. The molecular formula is C25H24N4O4. The molecule has 0 spiro atoms. The molecule has 3 aromatic rings. The fourth-order valence-electron chi connectivity index (χ4n) is 4.56. The quantitative estimate of drug-likeness (QED) is 0.356. The first-order valence-corrected chi connectivity index (χ1v) is 11.0. The third-order valence-corrected chi connectivity index (χ3v) is 6.08. The number of Topliss-reactive ketones (excluding diaryl/α,β-unsaturated/α-hetero) is 1. The average Bonchev–Trinajstić information content (AvgIpc) is 3.53. The lowest BCUT2D eigenvalue weighted by atomic mass is 9.95. The number of aryl methyl sites for hydroxylation is 1. The Hall–Kier alpha value is -3.94. The number of ether oxygens (including phenoxy) is 1. The van der Waals surface area contributed by atoms with Crippen molar-refractivity contribution in [1.82, 2.24) is 19.4 Å². The molecule has 1 amide bonds. The molecule has 33 heavy (non-hydrogen) atoms. The smallest absolute Gasteiger partial charge is 0.295 e. The summed E-state index contributed by atoms with van der Waals surface area (Å²) in [6.07, 6.45) is 9.95. The highest BCUT2D eigenvalue weighted by atomic mass is 16.5. The molecule has 2 atom stereocenters. The highest BCUT2D eigenvalue weighted by Crippen LogP contribution is 2.40. The number of pyridine rings is 1. The van der Waals surface area contributed by atoms with Gasteiger partial charge in [0, 0.05) is 49.9 Å². The summed E-state index contributed by atoms with van der Waals surface area (Å²) in [6, 6.07) is 8.23. The number of hydrogen-bond donors (Lipinski definition) is 1. The van der Waals surface area contributed by atoms with Crippen molar-refractivity contribution in [3.8, 4) is 5.75 Å². The second kappa shape index (κ2) is 8.54. The molecule has 8 nitrogen and oxygen atoms in total. The van der Waals surface area contributed by atoms with E-state index >= 15 is 0 Å². The van der Waals surface area contributed by atoms with E-state index in [1.54, 1.807) is 43.1 Å². The fraction of sp³-hybridized carbons (Fsp3) is 0.280. The first-order chi connectivity index (χ1) is 16.0. The molecule has 0 bridgehead atoms. The third-order valence-electron chi connectivity index (χ3n) is 6.08. The summed E-state index contributed by atoms with van der Waals surface area (Å²) >= 11 is 0. The van der Waals surface area contributed by atoms with Crippen molar-refractivity contribution >= 4 is 17.4 Å². The molecule has 2 aliphatic rings. The Morgan fingerprint density at radius 3 is 2.82 bits per heavy atom. The molecular weight excluding hydrogens is 420 g/mol. The molecule has 1 fully saturated rings. The molecule has 1 aromatic carbocycles. The SMILES string of the molecule is C[C@H]1Cc2cc(/C(O)=C3\C(=O)C(=O)N(CCCn4ccnc4)[C@@H]3c3cccnc3)ccc2O1. The van der Waals surface area contributed by atoms with Gasteiger partial charge in [-0.2, -0.15) is 0 Å². The topological polar surface area (TPSA) is 97.6 Å². The number of carbonyl (C=O) groups is 2. The monoisotopic (exact) mass is 444 g/mol. The number of likely N-dealkylation sites (tertiary alicyclic amines) is 1. The van der Waals surface area contributed by atoms with Gasteiger partial charge in [0.15, 0.2) is 0 Å². The van der Waals surface area contributed by atoms with Crippen LogP contribution in [0.4, 0.5) is 0 Å². The predicted octanol–water partition coefficient (Wildman–Crippen LogP) is 3.11. The lowest BCUT2D eigenvalue weighted by Crippen LogP contribution is -2.31. The van der Waals surface area contributed by atoms with Crippen molar-refractivity contribution in [2.75, 3.05) is 6.54 Å². The largest absolute Gasteiger partial charge is 0.507 e. The molecule has 0 radical (unpaired) electrons. The average molecular weight is 444 g/mol. The maximum Gasteiger partial charge on any atom is 0.295 e. The van der Waals surface area contributed by atoms with Crippen molar-refractivity contribution in [1.29, 1.82) is 0 Å². The van der Waals surface area contributed by atoms with Crippen LogP contribution in [0.25, 0.3) is 5.76 Å². The zero-order valence-electron chi connectivity index (χ0n) is 18.2. The number of carbonyl (C=O) groups excluding carboxylic acids is 2. The maximum atomic E-state index is 13.1. The van der Waals surface area contributed by atoms with E-state index in [4.69, 9.17) is 4.74 Å². The van der Waals surface area contributed by atoms with Crippen LogP contribution >= 0.6 is 0 Å². The van der Waals surface area contributed by atoms with E-state index < -0.39 is 17.7 Å². The number of aromatic nitrogens is 3. The summed E-state index contributed by atoms with van der Waals surface area (Å²) in [5, 5.41) is 11.2. The minimum Gasteiger partial charge on any atom is -0.507 e. The van der Waals surface area contributed by atoms with Gasteiger partial charge < -0.3 is 19.3 Å². The molecule has 5 rings (SSSR count). The van der Waals surface area contributed by atoms with Crippen LogP contribution in [0.3, 0.4) is 0 Å². The van der Waals surface area contributed by atoms with Gasteiger partial charge >= 0.3 is 0 Å². The van der Waals surface area contributed by atoms with Crippen molar-refractivity contribution in [3.63, 3.8) is 0 Å². The van der Waals surface area contributed by atoms with Gasteiger partial charge in [-0.05, 0) is 48.7 Å². The number of imidazole rings is 1. The summed E-state index contributed by atoms with van der Waals surface area (Å²) in [7, 11) is 0. The van der Waals surface area contributed by atoms with E-state index in [2.05, 4.69) is 9.97 Å². The molecule has 1 saturated heterocycles. The summed E-state index contributed by atoms with van der Waals surface area (Å²) in [5.74, 6) is -0.701. The highest BCUT2D eigenvalue weighted by Gasteiger charge is 2.46. The van der Waals surface area contributed by atoms with Gasteiger partial charge in [-0.15, -0.1) is 0 Å². The number of aliphatic hydroxyl groups excluding tert-OH is 1. The summed E-state index contributed by atoms with van der Waals surface area (Å²) in [6.45, 7) is 3.00. The Bertz CT molecular complexity index is 1220. The molecule has 0 saturated carbocycles. The van der Waals surface area contributed by atoms with Crippen LogP contribution in [0, 0.1) is 0 Å². The van der Waals surface area contributed by atoms with E-state index in [1.165, 1.54) is 4.90 Å². The molecule has 2 aromatic heterocycles. The molecule has 8 heteroatoms. The molecule has 2 aliphatic heterocycles. The molecule has 168 valence electrons. The van der Waals surface area contributed by atoms with Crippen LogP contribution in [0.1, 0.15) is 36.1 Å². The lowest BCUT2D eigenvalue weighted by molar-refractivity contribution is -0.139. The summed E-state index contributed by atoms with van der Waals surface area (Å²) in [4.78, 5) is 35.9. The van der Waals surface area contributed by atoms with Crippen LogP contribution in [-0.4, -0.2) is 48.9 Å². The number of aliphatic hydroxyl groups is 1. The first kappa shape index (κ1) is 20.9. The number of amides is 1. The van der Waals surface area contributed by atoms with Crippen LogP contribution in [0.15, 0.2) is 67.0 Å². The minimum absolute atomic E-state index is 0.0638. The minimum atomic E-state index is -0.704. The summed E-state index contributed by atoms with van der Waals surface area (Å²) < 4.78 is 7.67. The normalized spacial score (nSPS) is 21.3. The highest BCUT2D eigenvalue weighted by molar-refractivity contribution is 6.46. The summed E-state index contributed by atoms with van der Waals surface area (Å²) in [5.41, 5.74) is 2.23. The van der Waals surface area contributed by atoms with E-state index in [9.17, 15) is 14.7 Å². The van der Waals surface area contributed by atoms with Gasteiger partial charge in [0.05, 0.1) is 17.9 Å². The fourth-order valence-corrected chi connectivity index (χ4v) is 4.56. The van der Waals surface area contributed by atoms with Crippen LogP contribution in [-0.2, 0) is 22.6 Å². The van der Waals surface area contributed by atoms with E-state index in [-0.39, 0.29) is 17.4 Å². The van der Waals surface area contributed by atoms with Crippen molar-refractivity contribution in [3.05, 3.63) is 83.7 Å². The molecule has 1 N–H and O–H groups in total. The van der Waals surface area contributed by atoms with Crippen LogP contribution in [0.5, 0.6) is 5.75 Å². The van der Waals surface area contributed by atoms with Gasteiger partial charge in [-0.3, -0.25) is 14.6 Å². The number of ketones is 1. The van der Waals surface area contributed by atoms with Gasteiger partial charge in [0.2, 0.25) is 0 Å². The van der Waals surface area contributed by atoms with Crippen LogP contribution in [0.2, 0.25) is 0 Å². The third kappa shape index (κ3) is 3.88. The number of rotatable bonds is 6. The number of nitrogens with zero attached hydrogens (tertiary/aromatic N) is 4. The molecule has 0 unspecified atom stereocenters. The van der Waals surface area contributed by atoms with E-state index in [1.807, 2.05) is 29.8 Å². The number of hydrogen-bond acceptors (Lipinski definition) is 6. The van der Waals surface area contributed by atoms with Crippen LogP contribution < -0.4 is 4.74 Å². The Morgan fingerprint density at radius 1 is 1.18 bits per heavy atom. The zero-order chi connectivity index (χ0) is 22.9. The standard InChI is InChI=1S/C25H24N4O4/c1-16-12-19-13-17(5-6-20(19)33-16)23(30)21-22(18-4-2-7-26-14-18)29(25(32)24(21)31)10-3-9-28-11-8-27-15-28/h2,4-8,11,13-16,22,30H,3,9-10,12H2,1H3/b23-21+/t16-,22+/m0/s1. The Morgan fingerprint density at radius 2 is 2.06 bits per heavy atom. The van der Waals surface area contributed by atoms with Gasteiger partial charge in [-0.25, -0.2) is 4.98 Å². The van der Waals surface area contributed by atoms with Gasteiger partial charge in [0.25, 0.3) is 11.7 Å². The van der Waals surface area contributed by atoms with E-state index in [0.717, 1.165) is 17.7 Å². The zero-order valence-corrected chi connectivity index (χ0v) is 18.2. The number of benzene rings is 1.